The van der Waals surface area contributed by atoms with Gasteiger partial charge < -0.3 is 14.6 Å². The fraction of sp³-hybridized carbons (Fsp3) is 0.182. The summed E-state index contributed by atoms with van der Waals surface area (Å²) in [5, 5.41) is 8.95. The van der Waals surface area contributed by atoms with Crippen molar-refractivity contribution in [3.8, 4) is 11.5 Å². The van der Waals surface area contributed by atoms with E-state index in [1.807, 2.05) is 0 Å². The third-order valence-electron chi connectivity index (χ3n) is 4.74. The Morgan fingerprint density at radius 2 is 1.58 bits per heavy atom. The summed E-state index contributed by atoms with van der Waals surface area (Å²) in [6, 6.07) is 10.5. The molecule has 9 nitrogen and oxygen atoms in total. The maximum atomic E-state index is 12.3. The number of urea groups is 1. The van der Waals surface area contributed by atoms with E-state index in [-0.39, 0.29) is 17.7 Å². The zero-order valence-corrected chi connectivity index (χ0v) is 17.1. The summed E-state index contributed by atoms with van der Waals surface area (Å²) >= 11 is 0. The van der Waals surface area contributed by atoms with Crippen LogP contribution in [0.4, 0.5) is 4.79 Å². The lowest BCUT2D eigenvalue weighted by Crippen LogP contribution is -2.52. The molecule has 0 saturated carbocycles. The first-order chi connectivity index (χ1) is 14.7. The molecule has 0 aliphatic carbocycles. The lowest BCUT2D eigenvalue weighted by molar-refractivity contribution is -0.134. The van der Waals surface area contributed by atoms with Crippen LogP contribution in [0.15, 0.2) is 48.0 Å². The fourth-order valence-electron chi connectivity index (χ4n) is 2.94. The molecular formula is C22H20N2O7. The number of imide groups is 2. The minimum atomic E-state index is -1.00. The third kappa shape index (κ3) is 4.40. The van der Waals surface area contributed by atoms with E-state index in [9.17, 15) is 19.2 Å². The van der Waals surface area contributed by atoms with Crippen molar-refractivity contribution in [2.45, 2.75) is 6.61 Å². The SMILES string of the molecule is COc1cc(C=C2C(=O)N(C)C(=O)N(C)C2=O)ccc1OCc1ccc(C(=O)O)cc1. The van der Waals surface area contributed by atoms with Gasteiger partial charge in [0.05, 0.1) is 12.7 Å². The van der Waals surface area contributed by atoms with Crippen molar-refractivity contribution >= 4 is 29.9 Å². The van der Waals surface area contributed by atoms with Crippen LogP contribution in [-0.4, -0.2) is 59.9 Å². The number of carboxylic acids is 1. The van der Waals surface area contributed by atoms with Gasteiger partial charge in [0.25, 0.3) is 11.8 Å². The molecule has 0 radical (unpaired) electrons. The molecule has 9 heteroatoms. The number of likely N-dealkylation sites (N-methyl/N-ethyl adjacent to an activating group) is 2. The molecule has 1 saturated heterocycles. The number of nitrogens with zero attached hydrogens (tertiary/aromatic N) is 2. The molecule has 4 amide bonds. The minimum Gasteiger partial charge on any atom is -0.493 e. The fourth-order valence-corrected chi connectivity index (χ4v) is 2.94. The molecule has 0 bridgehead atoms. The summed E-state index contributed by atoms with van der Waals surface area (Å²) in [6.07, 6.45) is 1.39. The summed E-state index contributed by atoms with van der Waals surface area (Å²) in [5.41, 5.74) is 1.33. The Hall–Kier alpha value is -4.14. The molecule has 1 N–H and O–H groups in total. The van der Waals surface area contributed by atoms with Gasteiger partial charge in [0.2, 0.25) is 0 Å². The molecule has 1 fully saturated rings. The number of carbonyl (C=O) groups excluding carboxylic acids is 3. The highest BCUT2D eigenvalue weighted by atomic mass is 16.5. The molecule has 0 unspecified atom stereocenters. The van der Waals surface area contributed by atoms with Gasteiger partial charge in [-0.3, -0.25) is 19.4 Å². The standard InChI is InChI=1S/C22H20N2O7/c1-23-19(25)16(20(26)24(2)22(23)29)10-14-6-9-17(18(11-14)30-3)31-12-13-4-7-15(8-5-13)21(27)28/h4-11H,12H2,1-3H3,(H,27,28). The molecule has 1 aliphatic heterocycles. The van der Waals surface area contributed by atoms with Crippen molar-refractivity contribution in [1.82, 2.24) is 9.80 Å². The van der Waals surface area contributed by atoms with Crippen molar-refractivity contribution in [2.75, 3.05) is 21.2 Å². The van der Waals surface area contributed by atoms with Gasteiger partial charge in [-0.2, -0.15) is 0 Å². The molecule has 160 valence electrons. The van der Waals surface area contributed by atoms with Crippen molar-refractivity contribution in [2.24, 2.45) is 0 Å². The summed E-state index contributed by atoms with van der Waals surface area (Å²) in [4.78, 5) is 49.2. The van der Waals surface area contributed by atoms with Gasteiger partial charge in [-0.1, -0.05) is 18.2 Å². The number of hydrogen-bond donors (Lipinski definition) is 1. The predicted molar refractivity (Wildman–Crippen MR) is 110 cm³/mol. The first kappa shape index (κ1) is 21.6. The van der Waals surface area contributed by atoms with Gasteiger partial charge in [-0.15, -0.1) is 0 Å². The van der Waals surface area contributed by atoms with Crippen molar-refractivity contribution < 1.29 is 33.8 Å². The quantitative estimate of drug-likeness (QED) is 0.560. The summed E-state index contributed by atoms with van der Waals surface area (Å²) in [6.45, 7) is 0.186. The number of barbiturate groups is 1. The molecule has 2 aromatic carbocycles. The summed E-state index contributed by atoms with van der Waals surface area (Å²) < 4.78 is 11.1. The number of hydrogen-bond acceptors (Lipinski definition) is 6. The van der Waals surface area contributed by atoms with Gasteiger partial charge in [0.15, 0.2) is 11.5 Å². The van der Waals surface area contributed by atoms with Crippen LogP contribution in [0.5, 0.6) is 11.5 Å². The van der Waals surface area contributed by atoms with E-state index in [1.165, 1.54) is 39.4 Å². The van der Waals surface area contributed by atoms with Gasteiger partial charge in [0, 0.05) is 14.1 Å². The second-order valence-corrected chi connectivity index (χ2v) is 6.77. The van der Waals surface area contributed by atoms with Crippen LogP contribution in [-0.2, 0) is 16.2 Å². The van der Waals surface area contributed by atoms with Crippen LogP contribution in [0.1, 0.15) is 21.5 Å². The second-order valence-electron chi connectivity index (χ2n) is 6.77. The first-order valence-electron chi connectivity index (χ1n) is 9.17. The number of methoxy groups -OCH3 is 1. The molecular weight excluding hydrogens is 404 g/mol. The lowest BCUT2D eigenvalue weighted by Gasteiger charge is -2.28. The molecule has 31 heavy (non-hydrogen) atoms. The predicted octanol–water partition coefficient (Wildman–Crippen LogP) is 2.41. The van der Waals surface area contributed by atoms with E-state index >= 15 is 0 Å². The summed E-state index contributed by atoms with van der Waals surface area (Å²) in [5.74, 6) is -1.56. The average molecular weight is 424 g/mol. The summed E-state index contributed by atoms with van der Waals surface area (Å²) in [7, 11) is 4.07. The Morgan fingerprint density at radius 3 is 2.13 bits per heavy atom. The van der Waals surface area contributed by atoms with Crippen molar-refractivity contribution in [3.63, 3.8) is 0 Å². The van der Waals surface area contributed by atoms with Crippen LogP contribution < -0.4 is 9.47 Å². The van der Waals surface area contributed by atoms with Crippen LogP contribution in [0.2, 0.25) is 0 Å². The van der Waals surface area contributed by atoms with Crippen LogP contribution in [0.3, 0.4) is 0 Å². The largest absolute Gasteiger partial charge is 0.493 e. The normalized spacial score (nSPS) is 14.0. The number of amides is 4. The van der Waals surface area contributed by atoms with Gasteiger partial charge in [-0.05, 0) is 41.5 Å². The highest BCUT2D eigenvalue weighted by Crippen LogP contribution is 2.30. The lowest BCUT2D eigenvalue weighted by atomic mass is 10.1. The van der Waals surface area contributed by atoms with E-state index in [0.29, 0.717) is 17.1 Å². The molecule has 1 heterocycles. The van der Waals surface area contributed by atoms with E-state index in [1.54, 1.807) is 30.3 Å². The number of aromatic carboxylic acids is 1. The van der Waals surface area contributed by atoms with Crippen molar-refractivity contribution in [1.29, 1.82) is 0 Å². The monoisotopic (exact) mass is 424 g/mol. The Morgan fingerprint density at radius 1 is 0.968 bits per heavy atom. The Labute approximate surface area is 178 Å². The highest BCUT2D eigenvalue weighted by molar-refractivity contribution is 6.30. The third-order valence-corrected chi connectivity index (χ3v) is 4.74. The zero-order valence-electron chi connectivity index (χ0n) is 17.1. The molecule has 0 spiro atoms. The Balaban J connectivity index is 1.80. The number of carbonyl (C=O) groups is 4. The molecule has 2 aromatic rings. The number of benzene rings is 2. The zero-order chi connectivity index (χ0) is 22.7. The first-order valence-corrected chi connectivity index (χ1v) is 9.17. The number of carboxylic acid groups (broad SMARTS) is 1. The number of rotatable bonds is 6. The van der Waals surface area contributed by atoms with Crippen molar-refractivity contribution in [3.05, 3.63) is 64.7 Å². The average Bonchev–Trinajstić information content (AvgIpc) is 2.78. The maximum Gasteiger partial charge on any atom is 0.335 e. The van der Waals surface area contributed by atoms with Crippen LogP contribution >= 0.6 is 0 Å². The molecule has 0 atom stereocenters. The van der Waals surface area contributed by atoms with Gasteiger partial charge >= 0.3 is 12.0 Å². The van der Waals surface area contributed by atoms with E-state index in [4.69, 9.17) is 14.6 Å². The smallest absolute Gasteiger partial charge is 0.335 e. The second kappa shape index (κ2) is 8.70. The topological polar surface area (TPSA) is 113 Å². The minimum absolute atomic E-state index is 0.140. The van der Waals surface area contributed by atoms with Gasteiger partial charge in [-0.25, -0.2) is 9.59 Å². The molecule has 3 rings (SSSR count). The Bertz CT molecular complexity index is 1060. The molecule has 1 aliphatic rings. The molecule has 0 aromatic heterocycles. The van der Waals surface area contributed by atoms with E-state index in [2.05, 4.69) is 0 Å². The number of ether oxygens (including phenoxy) is 2. The maximum absolute atomic E-state index is 12.3. The van der Waals surface area contributed by atoms with Crippen LogP contribution in [0, 0.1) is 0 Å². The Kier molecular flexibility index (Phi) is 6.05. The van der Waals surface area contributed by atoms with Gasteiger partial charge in [0.1, 0.15) is 12.2 Å². The highest BCUT2D eigenvalue weighted by Gasteiger charge is 2.37. The van der Waals surface area contributed by atoms with E-state index < -0.39 is 23.8 Å². The van der Waals surface area contributed by atoms with E-state index in [0.717, 1.165) is 15.4 Å². The van der Waals surface area contributed by atoms with Crippen LogP contribution in [0.25, 0.3) is 6.08 Å².